The molecule has 18 heavy (non-hydrogen) atoms. The average Bonchev–Trinajstić information content (AvgIpc) is 2.13. The zero-order valence-corrected chi connectivity index (χ0v) is 11.8. The molecule has 1 unspecified atom stereocenters. The molecular weight excluding hydrogens is 229 g/mol. The molecule has 1 rings (SSSR count). The van der Waals surface area contributed by atoms with Gasteiger partial charge in [-0.25, -0.2) is 4.39 Å². The predicted octanol–water partition coefficient (Wildman–Crippen LogP) is 2.90. The first-order chi connectivity index (χ1) is 8.18. The van der Waals surface area contributed by atoms with Crippen molar-refractivity contribution in [2.75, 3.05) is 6.54 Å². The lowest BCUT2D eigenvalue weighted by Crippen LogP contribution is -2.40. The predicted molar refractivity (Wildman–Crippen MR) is 73.1 cm³/mol. The van der Waals surface area contributed by atoms with Crippen LogP contribution in [0.5, 0.6) is 0 Å². The van der Waals surface area contributed by atoms with Crippen molar-refractivity contribution in [1.82, 2.24) is 5.32 Å². The van der Waals surface area contributed by atoms with Gasteiger partial charge in [0.05, 0.1) is 5.60 Å². The summed E-state index contributed by atoms with van der Waals surface area (Å²) in [6, 6.07) is 6.41. The Morgan fingerprint density at radius 2 is 1.89 bits per heavy atom. The van der Waals surface area contributed by atoms with Crippen LogP contribution in [0.15, 0.2) is 24.3 Å². The summed E-state index contributed by atoms with van der Waals surface area (Å²) in [4.78, 5) is 0. The van der Waals surface area contributed by atoms with E-state index in [1.54, 1.807) is 13.0 Å². The topological polar surface area (TPSA) is 32.3 Å². The Balaban J connectivity index is 2.49. The van der Waals surface area contributed by atoms with E-state index in [9.17, 15) is 9.50 Å². The second-order valence-corrected chi connectivity index (χ2v) is 6.23. The summed E-state index contributed by atoms with van der Waals surface area (Å²) in [5.74, 6) is -0.254. The van der Waals surface area contributed by atoms with Gasteiger partial charge in [0, 0.05) is 12.0 Å². The molecule has 0 aliphatic rings. The minimum atomic E-state index is -0.813. The summed E-state index contributed by atoms with van der Waals surface area (Å²) >= 11 is 0. The number of hydrogen-bond acceptors (Lipinski definition) is 2. The largest absolute Gasteiger partial charge is 0.390 e. The van der Waals surface area contributed by atoms with Crippen LogP contribution in [0.2, 0.25) is 0 Å². The van der Waals surface area contributed by atoms with Gasteiger partial charge in [0.25, 0.3) is 0 Å². The fraction of sp³-hybridized carbons (Fsp3) is 0.600. The third-order valence-electron chi connectivity index (χ3n) is 2.79. The van der Waals surface area contributed by atoms with Gasteiger partial charge in [0.1, 0.15) is 5.82 Å². The van der Waals surface area contributed by atoms with E-state index in [0.29, 0.717) is 12.8 Å². The minimum absolute atomic E-state index is 0.0505. The van der Waals surface area contributed by atoms with E-state index in [0.717, 1.165) is 12.1 Å². The molecule has 0 heterocycles. The SMILES string of the molecule is CC(O)(CCNC(C)(C)C)Cc1cccc(F)c1. The first kappa shape index (κ1) is 15.1. The number of halogens is 1. The molecule has 0 spiro atoms. The van der Waals surface area contributed by atoms with Crippen molar-refractivity contribution in [2.45, 2.75) is 51.7 Å². The van der Waals surface area contributed by atoms with Crippen molar-refractivity contribution in [3.63, 3.8) is 0 Å². The minimum Gasteiger partial charge on any atom is -0.390 e. The van der Waals surface area contributed by atoms with Crippen LogP contribution >= 0.6 is 0 Å². The lowest BCUT2D eigenvalue weighted by Gasteiger charge is -2.27. The Bertz CT molecular complexity index is 382. The zero-order chi connectivity index (χ0) is 13.8. The highest BCUT2D eigenvalue weighted by Gasteiger charge is 2.21. The van der Waals surface area contributed by atoms with Gasteiger partial charge in [-0.15, -0.1) is 0 Å². The molecule has 0 aliphatic heterocycles. The van der Waals surface area contributed by atoms with Gasteiger partial charge in [-0.05, 0) is 58.4 Å². The van der Waals surface area contributed by atoms with Crippen LogP contribution in [-0.2, 0) is 6.42 Å². The van der Waals surface area contributed by atoms with Crippen LogP contribution in [-0.4, -0.2) is 22.8 Å². The molecule has 2 N–H and O–H groups in total. The maximum absolute atomic E-state index is 13.1. The molecule has 0 aliphatic carbocycles. The standard InChI is InChI=1S/C15H24FNO/c1-14(2,3)17-9-8-15(4,18)11-12-6-5-7-13(16)10-12/h5-7,10,17-18H,8-9,11H2,1-4H3. The Labute approximate surface area is 109 Å². The van der Waals surface area contributed by atoms with Gasteiger partial charge in [-0.3, -0.25) is 0 Å². The zero-order valence-electron chi connectivity index (χ0n) is 11.8. The summed E-state index contributed by atoms with van der Waals surface area (Å²) in [5.41, 5.74) is 0.0665. The first-order valence-electron chi connectivity index (χ1n) is 6.40. The van der Waals surface area contributed by atoms with Crippen LogP contribution in [0.3, 0.4) is 0 Å². The van der Waals surface area contributed by atoms with Crippen molar-refractivity contribution in [1.29, 1.82) is 0 Å². The highest BCUT2D eigenvalue weighted by molar-refractivity contribution is 5.18. The quantitative estimate of drug-likeness (QED) is 0.845. The Hall–Kier alpha value is -0.930. The molecule has 0 bridgehead atoms. The molecule has 102 valence electrons. The van der Waals surface area contributed by atoms with Crippen molar-refractivity contribution >= 4 is 0 Å². The van der Waals surface area contributed by atoms with Crippen LogP contribution in [0.1, 0.15) is 39.7 Å². The van der Waals surface area contributed by atoms with Gasteiger partial charge < -0.3 is 10.4 Å². The van der Waals surface area contributed by atoms with Crippen molar-refractivity contribution < 1.29 is 9.50 Å². The molecule has 1 aromatic carbocycles. The highest BCUT2D eigenvalue weighted by Crippen LogP contribution is 2.17. The Morgan fingerprint density at radius 1 is 1.22 bits per heavy atom. The molecule has 1 aromatic rings. The molecule has 0 aromatic heterocycles. The van der Waals surface area contributed by atoms with Gasteiger partial charge in [0.2, 0.25) is 0 Å². The van der Waals surface area contributed by atoms with Crippen LogP contribution < -0.4 is 5.32 Å². The third-order valence-corrected chi connectivity index (χ3v) is 2.79. The monoisotopic (exact) mass is 253 g/mol. The molecule has 0 amide bonds. The van der Waals surface area contributed by atoms with Crippen molar-refractivity contribution in [3.05, 3.63) is 35.6 Å². The average molecular weight is 253 g/mol. The lowest BCUT2D eigenvalue weighted by molar-refractivity contribution is 0.0499. The fourth-order valence-electron chi connectivity index (χ4n) is 1.88. The van der Waals surface area contributed by atoms with Crippen molar-refractivity contribution in [3.8, 4) is 0 Å². The number of aliphatic hydroxyl groups is 1. The van der Waals surface area contributed by atoms with Gasteiger partial charge in [0.15, 0.2) is 0 Å². The smallest absolute Gasteiger partial charge is 0.123 e. The first-order valence-corrected chi connectivity index (χ1v) is 6.40. The lowest BCUT2D eigenvalue weighted by atomic mass is 9.93. The number of nitrogens with one attached hydrogen (secondary N) is 1. The van der Waals surface area contributed by atoms with Crippen LogP contribution in [0.4, 0.5) is 4.39 Å². The molecular formula is C15H24FNO. The maximum Gasteiger partial charge on any atom is 0.123 e. The summed E-state index contributed by atoms with van der Waals surface area (Å²) in [7, 11) is 0. The van der Waals surface area contributed by atoms with E-state index in [1.165, 1.54) is 12.1 Å². The van der Waals surface area contributed by atoms with Crippen LogP contribution in [0.25, 0.3) is 0 Å². The van der Waals surface area contributed by atoms with E-state index in [4.69, 9.17) is 0 Å². The number of rotatable bonds is 5. The molecule has 0 radical (unpaired) electrons. The molecule has 3 heteroatoms. The summed E-state index contributed by atoms with van der Waals surface area (Å²) in [5, 5.41) is 13.6. The third kappa shape index (κ3) is 6.12. The fourth-order valence-corrected chi connectivity index (χ4v) is 1.88. The van der Waals surface area contributed by atoms with Gasteiger partial charge in [-0.1, -0.05) is 12.1 Å². The normalized spacial score (nSPS) is 15.4. The van der Waals surface area contributed by atoms with E-state index in [2.05, 4.69) is 26.1 Å². The van der Waals surface area contributed by atoms with E-state index >= 15 is 0 Å². The van der Waals surface area contributed by atoms with E-state index in [-0.39, 0.29) is 11.4 Å². The second-order valence-electron chi connectivity index (χ2n) is 6.23. The Morgan fingerprint density at radius 3 is 2.44 bits per heavy atom. The summed E-state index contributed by atoms with van der Waals surface area (Å²) in [6.45, 7) is 8.81. The summed E-state index contributed by atoms with van der Waals surface area (Å²) < 4.78 is 13.1. The maximum atomic E-state index is 13.1. The second kappa shape index (κ2) is 5.81. The molecule has 0 saturated carbocycles. The molecule has 2 nitrogen and oxygen atoms in total. The number of benzene rings is 1. The molecule has 0 fully saturated rings. The van der Waals surface area contributed by atoms with Crippen LogP contribution in [0, 0.1) is 5.82 Å². The van der Waals surface area contributed by atoms with Gasteiger partial charge in [-0.2, -0.15) is 0 Å². The highest BCUT2D eigenvalue weighted by atomic mass is 19.1. The molecule has 1 atom stereocenters. The van der Waals surface area contributed by atoms with E-state index < -0.39 is 5.60 Å². The molecule has 0 saturated heterocycles. The summed E-state index contributed by atoms with van der Waals surface area (Å²) in [6.07, 6.45) is 1.11. The van der Waals surface area contributed by atoms with E-state index in [1.807, 2.05) is 6.07 Å². The Kier molecular flexibility index (Phi) is 4.88. The van der Waals surface area contributed by atoms with Gasteiger partial charge >= 0.3 is 0 Å². The van der Waals surface area contributed by atoms with Crippen molar-refractivity contribution in [2.24, 2.45) is 0 Å². The number of hydrogen-bond donors (Lipinski definition) is 2.